The second-order valence-corrected chi connectivity index (χ2v) is 23.1. The number of ether oxygens (including phenoxy) is 3. The number of hydrogen-bond donors (Lipinski definition) is 0. The lowest BCUT2D eigenvalue weighted by Crippen LogP contribution is -2.30. The quantitative estimate of drug-likeness (QED) is 0.0261. The molecule has 0 saturated carbocycles. The molecule has 0 amide bonds. The summed E-state index contributed by atoms with van der Waals surface area (Å²) in [6.07, 6.45) is 75.7. The summed E-state index contributed by atoms with van der Waals surface area (Å²) in [6, 6.07) is 0. The predicted molar refractivity (Wildman–Crippen MR) is 321 cm³/mol. The fraction of sp³-hybridized carbons (Fsp3) is 0.926. The average Bonchev–Trinajstić information content (AvgIpc) is 3.40. The Kier molecular flexibility index (Phi) is 62.1. The van der Waals surface area contributed by atoms with Gasteiger partial charge in [0.25, 0.3) is 0 Å². The molecule has 0 aromatic carbocycles. The van der Waals surface area contributed by atoms with Crippen LogP contribution in [0.15, 0.2) is 12.2 Å². The standard InChI is InChI=1S/C68H130O6/c1-4-7-10-13-16-18-20-22-24-25-26-27-28-29-30-31-32-33-34-35-36-37-38-39-40-41-42-44-45-47-49-52-55-58-61-67(70)73-64-65(63-72-66(69)60-57-54-51-15-12-9-6-3)74-68(71)62-59-56-53-50-48-46-43-23-21-19-17-14-11-8-5-2/h23,43,65H,4-22,24-42,44-64H2,1-3H3/b43-23-. The van der Waals surface area contributed by atoms with Gasteiger partial charge in [-0.15, -0.1) is 0 Å². The van der Waals surface area contributed by atoms with Gasteiger partial charge in [0.05, 0.1) is 0 Å². The number of carbonyl (C=O) groups is 3. The maximum atomic E-state index is 12.8. The van der Waals surface area contributed by atoms with Gasteiger partial charge in [-0.05, 0) is 44.9 Å². The smallest absolute Gasteiger partial charge is 0.306 e. The molecule has 6 nitrogen and oxygen atoms in total. The van der Waals surface area contributed by atoms with Crippen molar-refractivity contribution < 1.29 is 28.6 Å². The van der Waals surface area contributed by atoms with E-state index in [-0.39, 0.29) is 31.1 Å². The largest absolute Gasteiger partial charge is 0.462 e. The van der Waals surface area contributed by atoms with E-state index < -0.39 is 6.10 Å². The number of hydrogen-bond acceptors (Lipinski definition) is 6. The van der Waals surface area contributed by atoms with Crippen LogP contribution in [0.5, 0.6) is 0 Å². The fourth-order valence-electron chi connectivity index (χ4n) is 10.4. The van der Waals surface area contributed by atoms with E-state index in [0.717, 1.165) is 64.2 Å². The molecule has 0 spiro atoms. The molecule has 0 saturated heterocycles. The highest BCUT2D eigenvalue weighted by atomic mass is 16.6. The lowest BCUT2D eigenvalue weighted by atomic mass is 10.0. The van der Waals surface area contributed by atoms with Gasteiger partial charge in [-0.1, -0.05) is 335 Å². The monoisotopic (exact) mass is 1040 g/mol. The normalized spacial score (nSPS) is 12.0. The number of allylic oxidation sites excluding steroid dienone is 2. The summed E-state index contributed by atoms with van der Waals surface area (Å²) in [5.41, 5.74) is 0. The zero-order valence-corrected chi connectivity index (χ0v) is 50.4. The summed E-state index contributed by atoms with van der Waals surface area (Å²) in [5.74, 6) is -0.859. The molecule has 0 radical (unpaired) electrons. The molecule has 6 heteroatoms. The van der Waals surface area contributed by atoms with Crippen LogP contribution in [0, 0.1) is 0 Å². The van der Waals surface area contributed by atoms with E-state index in [1.54, 1.807) is 0 Å². The van der Waals surface area contributed by atoms with Crippen LogP contribution in [-0.4, -0.2) is 37.2 Å². The van der Waals surface area contributed by atoms with Crippen molar-refractivity contribution in [3.63, 3.8) is 0 Å². The Morgan fingerprint density at radius 1 is 0.257 bits per heavy atom. The van der Waals surface area contributed by atoms with Crippen molar-refractivity contribution in [3.8, 4) is 0 Å². The molecule has 0 aliphatic rings. The van der Waals surface area contributed by atoms with Gasteiger partial charge < -0.3 is 14.2 Å². The van der Waals surface area contributed by atoms with Gasteiger partial charge in [0.15, 0.2) is 6.10 Å². The Morgan fingerprint density at radius 2 is 0.446 bits per heavy atom. The van der Waals surface area contributed by atoms with E-state index in [9.17, 15) is 14.4 Å². The second kappa shape index (κ2) is 63.7. The Morgan fingerprint density at radius 3 is 0.676 bits per heavy atom. The zero-order chi connectivity index (χ0) is 53.6. The first-order valence-corrected chi connectivity index (χ1v) is 33.7. The minimum atomic E-state index is -0.768. The first-order valence-electron chi connectivity index (χ1n) is 33.7. The van der Waals surface area contributed by atoms with Gasteiger partial charge in [-0.25, -0.2) is 0 Å². The lowest BCUT2D eigenvalue weighted by molar-refractivity contribution is -0.167. The van der Waals surface area contributed by atoms with Gasteiger partial charge in [-0.3, -0.25) is 14.4 Å². The number of rotatable bonds is 63. The molecule has 0 aliphatic carbocycles. The molecule has 0 aromatic heterocycles. The van der Waals surface area contributed by atoms with Crippen LogP contribution in [0.1, 0.15) is 387 Å². The van der Waals surface area contributed by atoms with Crippen molar-refractivity contribution in [3.05, 3.63) is 12.2 Å². The number of unbranched alkanes of at least 4 members (excludes halogenated alkanes) is 50. The van der Waals surface area contributed by atoms with Gasteiger partial charge in [0.2, 0.25) is 0 Å². The van der Waals surface area contributed by atoms with Gasteiger partial charge in [0, 0.05) is 19.3 Å². The number of esters is 3. The summed E-state index contributed by atoms with van der Waals surface area (Å²) in [6.45, 7) is 6.65. The summed E-state index contributed by atoms with van der Waals surface area (Å²) in [5, 5.41) is 0. The van der Waals surface area contributed by atoms with Gasteiger partial charge in [-0.2, -0.15) is 0 Å². The van der Waals surface area contributed by atoms with E-state index in [0.29, 0.717) is 19.3 Å². The SMILES string of the molecule is CCCCCCCC/C=C\CCCCCCCC(=O)OC(COC(=O)CCCCCCCCC)COC(=O)CCCCCCCCCCCCCCCCCCCCCCCCCCCCCCCCCCCC. The van der Waals surface area contributed by atoms with E-state index in [1.165, 1.54) is 283 Å². The Bertz CT molecular complexity index is 1150. The minimum absolute atomic E-state index is 0.0681. The van der Waals surface area contributed by atoms with Crippen molar-refractivity contribution >= 4 is 17.9 Å². The lowest BCUT2D eigenvalue weighted by Gasteiger charge is -2.18. The third-order valence-electron chi connectivity index (χ3n) is 15.5. The molecule has 74 heavy (non-hydrogen) atoms. The van der Waals surface area contributed by atoms with Crippen LogP contribution in [-0.2, 0) is 28.6 Å². The molecule has 0 heterocycles. The molecule has 0 aliphatic heterocycles. The predicted octanol–water partition coefficient (Wildman–Crippen LogP) is 22.8. The summed E-state index contributed by atoms with van der Waals surface area (Å²) in [7, 11) is 0. The molecule has 0 bridgehead atoms. The highest BCUT2D eigenvalue weighted by Crippen LogP contribution is 2.19. The van der Waals surface area contributed by atoms with Crippen LogP contribution >= 0.6 is 0 Å². The van der Waals surface area contributed by atoms with Crippen molar-refractivity contribution in [2.45, 2.75) is 393 Å². The Hall–Kier alpha value is -1.85. The van der Waals surface area contributed by atoms with Crippen molar-refractivity contribution in [2.75, 3.05) is 13.2 Å². The average molecular weight is 1040 g/mol. The molecule has 438 valence electrons. The molecule has 1 unspecified atom stereocenters. The third-order valence-corrected chi connectivity index (χ3v) is 15.5. The zero-order valence-electron chi connectivity index (χ0n) is 50.4. The van der Waals surface area contributed by atoms with Crippen LogP contribution < -0.4 is 0 Å². The maximum Gasteiger partial charge on any atom is 0.306 e. The molecule has 0 fully saturated rings. The number of carbonyl (C=O) groups excluding carboxylic acids is 3. The highest BCUT2D eigenvalue weighted by Gasteiger charge is 2.19. The molecule has 0 aromatic rings. The van der Waals surface area contributed by atoms with Crippen molar-refractivity contribution in [1.82, 2.24) is 0 Å². The molecule has 0 rings (SSSR count). The first kappa shape index (κ1) is 72.2. The first-order chi connectivity index (χ1) is 36.5. The maximum absolute atomic E-state index is 12.8. The minimum Gasteiger partial charge on any atom is -0.462 e. The highest BCUT2D eigenvalue weighted by molar-refractivity contribution is 5.71. The Balaban J connectivity index is 3.89. The van der Waals surface area contributed by atoms with Gasteiger partial charge in [0.1, 0.15) is 13.2 Å². The second-order valence-electron chi connectivity index (χ2n) is 23.1. The van der Waals surface area contributed by atoms with Gasteiger partial charge >= 0.3 is 17.9 Å². The van der Waals surface area contributed by atoms with Crippen LogP contribution in [0.25, 0.3) is 0 Å². The topological polar surface area (TPSA) is 78.9 Å². The van der Waals surface area contributed by atoms with E-state index >= 15 is 0 Å². The third kappa shape index (κ3) is 61.0. The van der Waals surface area contributed by atoms with Crippen molar-refractivity contribution in [1.29, 1.82) is 0 Å². The summed E-state index contributed by atoms with van der Waals surface area (Å²) >= 11 is 0. The molecule has 0 N–H and O–H groups in total. The molecular formula is C68H130O6. The van der Waals surface area contributed by atoms with Crippen LogP contribution in [0.2, 0.25) is 0 Å². The fourth-order valence-corrected chi connectivity index (χ4v) is 10.4. The summed E-state index contributed by atoms with van der Waals surface area (Å²) in [4.78, 5) is 38.0. The Labute approximate surface area is 462 Å². The van der Waals surface area contributed by atoms with E-state index in [1.807, 2.05) is 0 Å². The molecular weight excluding hydrogens is 913 g/mol. The molecule has 1 atom stereocenters. The summed E-state index contributed by atoms with van der Waals surface area (Å²) < 4.78 is 16.8. The van der Waals surface area contributed by atoms with E-state index in [4.69, 9.17) is 14.2 Å². The van der Waals surface area contributed by atoms with Crippen LogP contribution in [0.4, 0.5) is 0 Å². The van der Waals surface area contributed by atoms with Crippen LogP contribution in [0.3, 0.4) is 0 Å². The van der Waals surface area contributed by atoms with E-state index in [2.05, 4.69) is 32.9 Å². The van der Waals surface area contributed by atoms with Crippen molar-refractivity contribution in [2.24, 2.45) is 0 Å².